The number of thiol groups is 1. The van der Waals surface area contributed by atoms with E-state index in [0.717, 1.165) is 5.56 Å². The fourth-order valence-electron chi connectivity index (χ4n) is 1.29. The number of benzene rings is 1. The molecule has 0 aliphatic carbocycles. The number of hydrogen-bond donors (Lipinski definition) is 1. The van der Waals surface area contributed by atoms with Gasteiger partial charge in [-0.15, -0.1) is 12.6 Å². The largest absolute Gasteiger partial charge is 0.493 e. The second-order valence-corrected chi connectivity index (χ2v) is 3.20. The molecule has 0 unspecified atom stereocenters. The van der Waals surface area contributed by atoms with Gasteiger partial charge in [0.05, 0.1) is 19.8 Å². The van der Waals surface area contributed by atoms with E-state index in [1.54, 1.807) is 12.1 Å². The molecule has 0 aliphatic heterocycles. The van der Waals surface area contributed by atoms with Crippen molar-refractivity contribution in [3.63, 3.8) is 0 Å². The highest BCUT2D eigenvalue weighted by atomic mass is 32.1. The van der Waals surface area contributed by atoms with Crippen LogP contribution >= 0.6 is 12.6 Å². The molecule has 0 spiro atoms. The van der Waals surface area contributed by atoms with Gasteiger partial charge in [-0.05, 0) is 18.6 Å². The molecule has 0 N–H and O–H groups in total. The van der Waals surface area contributed by atoms with E-state index in [-0.39, 0.29) is 5.12 Å². The van der Waals surface area contributed by atoms with Crippen LogP contribution in [0.15, 0.2) is 12.1 Å². The number of carbonyl (C=O) groups is 1. The summed E-state index contributed by atoms with van der Waals surface area (Å²) in [6.07, 6.45) is 0. The minimum Gasteiger partial charge on any atom is -0.493 e. The Hall–Kier alpha value is -1.16. The molecule has 4 heteroatoms. The molecule has 1 aromatic rings. The Bertz CT molecular complexity index is 361. The summed E-state index contributed by atoms with van der Waals surface area (Å²) in [5, 5.41) is -0.321. The Morgan fingerprint density at radius 1 is 1.29 bits per heavy atom. The van der Waals surface area contributed by atoms with Crippen LogP contribution in [-0.4, -0.2) is 19.3 Å². The number of aryl methyl sites for hydroxylation is 1. The highest BCUT2D eigenvalue weighted by Crippen LogP contribution is 2.33. The molecule has 0 fully saturated rings. The SMILES string of the molecule is COc1ccc(C)c(C(=O)S)c1OC. The average molecular weight is 212 g/mol. The van der Waals surface area contributed by atoms with E-state index < -0.39 is 0 Å². The van der Waals surface area contributed by atoms with Crippen LogP contribution in [0.4, 0.5) is 0 Å². The van der Waals surface area contributed by atoms with E-state index in [4.69, 9.17) is 9.47 Å². The summed E-state index contributed by atoms with van der Waals surface area (Å²) in [5.74, 6) is 0.975. The summed E-state index contributed by atoms with van der Waals surface area (Å²) >= 11 is 3.79. The van der Waals surface area contributed by atoms with Crippen LogP contribution < -0.4 is 9.47 Å². The second kappa shape index (κ2) is 4.37. The quantitative estimate of drug-likeness (QED) is 0.779. The molecule has 0 bridgehead atoms. The lowest BCUT2D eigenvalue weighted by molar-refractivity contribution is 0.108. The summed E-state index contributed by atoms with van der Waals surface area (Å²) in [6.45, 7) is 1.82. The van der Waals surface area contributed by atoms with E-state index in [1.807, 2.05) is 6.92 Å². The van der Waals surface area contributed by atoms with Gasteiger partial charge in [-0.2, -0.15) is 0 Å². The van der Waals surface area contributed by atoms with Crippen LogP contribution in [0.5, 0.6) is 11.5 Å². The van der Waals surface area contributed by atoms with Crippen molar-refractivity contribution in [1.29, 1.82) is 0 Å². The second-order valence-electron chi connectivity index (χ2n) is 2.80. The predicted octanol–water partition coefficient (Wildman–Crippen LogP) is 2.08. The van der Waals surface area contributed by atoms with Gasteiger partial charge in [0.15, 0.2) is 11.5 Å². The normalized spacial score (nSPS) is 9.71. The Morgan fingerprint density at radius 2 is 1.93 bits per heavy atom. The summed E-state index contributed by atoms with van der Waals surface area (Å²) in [4.78, 5) is 11.2. The molecule has 0 heterocycles. The van der Waals surface area contributed by atoms with E-state index in [9.17, 15) is 4.79 Å². The van der Waals surface area contributed by atoms with Gasteiger partial charge >= 0.3 is 0 Å². The molecule has 3 nitrogen and oxygen atoms in total. The summed E-state index contributed by atoms with van der Waals surface area (Å²) in [7, 11) is 3.03. The van der Waals surface area contributed by atoms with Gasteiger partial charge in [-0.25, -0.2) is 0 Å². The third-order valence-electron chi connectivity index (χ3n) is 1.97. The number of methoxy groups -OCH3 is 2. The Morgan fingerprint density at radius 3 is 2.36 bits per heavy atom. The van der Waals surface area contributed by atoms with E-state index in [0.29, 0.717) is 17.1 Å². The monoisotopic (exact) mass is 212 g/mol. The predicted molar refractivity (Wildman–Crippen MR) is 57.6 cm³/mol. The minimum absolute atomic E-state index is 0.321. The van der Waals surface area contributed by atoms with Crippen molar-refractivity contribution in [2.24, 2.45) is 0 Å². The van der Waals surface area contributed by atoms with Crippen molar-refractivity contribution < 1.29 is 14.3 Å². The lowest BCUT2D eigenvalue weighted by Crippen LogP contribution is -2.01. The van der Waals surface area contributed by atoms with E-state index >= 15 is 0 Å². The summed E-state index contributed by atoms with van der Waals surface area (Å²) in [6, 6.07) is 3.55. The lowest BCUT2D eigenvalue weighted by atomic mass is 10.1. The minimum atomic E-state index is -0.321. The van der Waals surface area contributed by atoms with Crippen molar-refractivity contribution in [3.8, 4) is 11.5 Å². The van der Waals surface area contributed by atoms with Crippen molar-refractivity contribution >= 4 is 17.7 Å². The topological polar surface area (TPSA) is 35.5 Å². The average Bonchev–Trinajstić information content (AvgIpc) is 2.16. The first kappa shape index (κ1) is 10.9. The molecule has 0 amide bonds. The molecule has 14 heavy (non-hydrogen) atoms. The van der Waals surface area contributed by atoms with Crippen molar-refractivity contribution in [2.45, 2.75) is 6.92 Å². The maximum Gasteiger partial charge on any atom is 0.220 e. The first-order valence-electron chi connectivity index (χ1n) is 4.06. The van der Waals surface area contributed by atoms with Gasteiger partial charge < -0.3 is 9.47 Å². The molecular formula is C10H12O3S. The van der Waals surface area contributed by atoms with Crippen LogP contribution in [0.1, 0.15) is 15.9 Å². The number of rotatable bonds is 3. The molecule has 0 aromatic heterocycles. The smallest absolute Gasteiger partial charge is 0.220 e. The van der Waals surface area contributed by atoms with Gasteiger partial charge in [0, 0.05) is 0 Å². The highest BCUT2D eigenvalue weighted by Gasteiger charge is 2.16. The zero-order valence-electron chi connectivity index (χ0n) is 8.33. The number of ether oxygens (including phenoxy) is 2. The standard InChI is InChI=1S/C10H12O3S/c1-6-4-5-7(12-2)9(13-3)8(6)10(11)14/h4-5H,1-3H3,(H,11,14). The number of carbonyl (C=O) groups excluding carboxylic acids is 1. The van der Waals surface area contributed by atoms with Crippen molar-refractivity contribution in [2.75, 3.05) is 14.2 Å². The maximum atomic E-state index is 11.2. The molecule has 1 aromatic carbocycles. The fourth-order valence-corrected chi connectivity index (χ4v) is 1.57. The van der Waals surface area contributed by atoms with Gasteiger partial charge in [0.25, 0.3) is 0 Å². The first-order chi connectivity index (χ1) is 6.61. The Labute approximate surface area is 88.4 Å². The van der Waals surface area contributed by atoms with E-state index in [2.05, 4.69) is 12.6 Å². The fraction of sp³-hybridized carbons (Fsp3) is 0.300. The molecule has 0 aliphatic rings. The first-order valence-corrected chi connectivity index (χ1v) is 4.51. The molecular weight excluding hydrogens is 200 g/mol. The number of hydrogen-bond acceptors (Lipinski definition) is 3. The van der Waals surface area contributed by atoms with Crippen LogP contribution in [0, 0.1) is 6.92 Å². The molecule has 0 radical (unpaired) electrons. The van der Waals surface area contributed by atoms with Crippen molar-refractivity contribution in [1.82, 2.24) is 0 Å². The zero-order chi connectivity index (χ0) is 10.7. The van der Waals surface area contributed by atoms with Gasteiger partial charge in [0.1, 0.15) is 0 Å². The molecule has 0 atom stereocenters. The third kappa shape index (κ3) is 1.85. The van der Waals surface area contributed by atoms with Crippen LogP contribution in [-0.2, 0) is 0 Å². The van der Waals surface area contributed by atoms with Gasteiger partial charge in [0.2, 0.25) is 5.12 Å². The van der Waals surface area contributed by atoms with Crippen LogP contribution in [0.25, 0.3) is 0 Å². The van der Waals surface area contributed by atoms with Gasteiger partial charge in [-0.3, -0.25) is 4.79 Å². The lowest BCUT2D eigenvalue weighted by Gasteiger charge is -2.12. The molecule has 1 rings (SSSR count). The highest BCUT2D eigenvalue weighted by molar-refractivity contribution is 7.97. The Kier molecular flexibility index (Phi) is 3.41. The van der Waals surface area contributed by atoms with Gasteiger partial charge in [-0.1, -0.05) is 6.07 Å². The summed E-state index contributed by atoms with van der Waals surface area (Å²) in [5.41, 5.74) is 1.28. The maximum absolute atomic E-state index is 11.2. The molecule has 0 saturated carbocycles. The third-order valence-corrected chi connectivity index (χ3v) is 2.19. The van der Waals surface area contributed by atoms with E-state index in [1.165, 1.54) is 14.2 Å². The molecule has 0 saturated heterocycles. The molecule has 76 valence electrons. The van der Waals surface area contributed by atoms with Crippen molar-refractivity contribution in [3.05, 3.63) is 23.3 Å². The Balaban J connectivity index is 3.42. The summed E-state index contributed by atoms with van der Waals surface area (Å²) < 4.78 is 10.2. The zero-order valence-corrected chi connectivity index (χ0v) is 9.22. The van der Waals surface area contributed by atoms with Crippen LogP contribution in [0.3, 0.4) is 0 Å². The van der Waals surface area contributed by atoms with Crippen LogP contribution in [0.2, 0.25) is 0 Å².